The lowest BCUT2D eigenvalue weighted by Crippen LogP contribution is -2.49. The topological polar surface area (TPSA) is 73.8 Å². The summed E-state index contributed by atoms with van der Waals surface area (Å²) in [6.45, 7) is 1.45. The quantitative estimate of drug-likeness (QED) is 0.369. The number of nitrogens with zero attached hydrogens (tertiary/aromatic N) is 2. The first-order chi connectivity index (χ1) is 17.4. The summed E-state index contributed by atoms with van der Waals surface area (Å²) in [6.07, 6.45) is 6.78. The number of amides is 2. The standard InChI is InChI=1S/C28H34F2N4O2/c1-3-11-24(30)27(31-2)32-19-25(35)34(23-17-10-14-21(29)18-23)26(20-12-6-4-7-13-20)28(36)33-22-15-8-5-9-16-22/h4,6-7,10-14,17-18,22,26H,3,5,8-9,15-16,19H2,1-2H3,(H,31,32)(H,33,36)/b24-11+. The summed E-state index contributed by atoms with van der Waals surface area (Å²) < 4.78 is 28.6. The number of amidine groups is 1. The molecule has 0 spiro atoms. The highest BCUT2D eigenvalue weighted by atomic mass is 19.1. The van der Waals surface area contributed by atoms with Crippen molar-refractivity contribution in [3.05, 3.63) is 77.9 Å². The number of hydrogen-bond donors (Lipinski definition) is 2. The third-order valence-electron chi connectivity index (χ3n) is 6.17. The van der Waals surface area contributed by atoms with Crippen LogP contribution >= 0.6 is 0 Å². The molecule has 2 aromatic rings. The molecule has 0 saturated heterocycles. The van der Waals surface area contributed by atoms with E-state index in [1.807, 2.05) is 6.07 Å². The summed E-state index contributed by atoms with van der Waals surface area (Å²) in [7, 11) is 1.42. The minimum atomic E-state index is -1.04. The number of rotatable bonds is 9. The Morgan fingerprint density at radius 3 is 2.47 bits per heavy atom. The number of benzene rings is 2. The summed E-state index contributed by atoms with van der Waals surface area (Å²) in [6, 6.07) is 13.5. The van der Waals surface area contributed by atoms with Crippen LogP contribution in [0.5, 0.6) is 0 Å². The van der Waals surface area contributed by atoms with Crippen LogP contribution in [-0.4, -0.2) is 37.3 Å². The number of hydrogen-bond acceptors (Lipinski definition) is 3. The molecule has 2 aromatic carbocycles. The highest BCUT2D eigenvalue weighted by molar-refractivity contribution is 6.05. The van der Waals surface area contributed by atoms with Gasteiger partial charge in [0.25, 0.3) is 0 Å². The highest BCUT2D eigenvalue weighted by Gasteiger charge is 2.34. The summed E-state index contributed by atoms with van der Waals surface area (Å²) in [5, 5.41) is 5.84. The van der Waals surface area contributed by atoms with E-state index in [4.69, 9.17) is 0 Å². The second-order valence-electron chi connectivity index (χ2n) is 8.79. The molecule has 1 atom stereocenters. The lowest BCUT2D eigenvalue weighted by Gasteiger charge is -2.33. The normalized spacial score (nSPS) is 15.8. The number of aliphatic imine (C=N–C) groups is 1. The first-order valence-electron chi connectivity index (χ1n) is 12.4. The van der Waals surface area contributed by atoms with Crippen molar-refractivity contribution < 1.29 is 18.4 Å². The minimum Gasteiger partial charge on any atom is -0.359 e. The van der Waals surface area contributed by atoms with Crippen LogP contribution in [0, 0.1) is 5.82 Å². The average molecular weight is 497 g/mol. The second-order valence-corrected chi connectivity index (χ2v) is 8.79. The zero-order valence-corrected chi connectivity index (χ0v) is 20.8. The van der Waals surface area contributed by atoms with Crippen molar-refractivity contribution in [3.8, 4) is 0 Å². The van der Waals surface area contributed by atoms with Gasteiger partial charge >= 0.3 is 0 Å². The maximum Gasteiger partial charge on any atom is 0.248 e. The van der Waals surface area contributed by atoms with E-state index in [1.54, 1.807) is 37.3 Å². The van der Waals surface area contributed by atoms with Crippen molar-refractivity contribution in [2.24, 2.45) is 4.99 Å². The smallest absolute Gasteiger partial charge is 0.248 e. The fraction of sp³-hybridized carbons (Fsp3) is 0.393. The van der Waals surface area contributed by atoms with Crippen molar-refractivity contribution in [1.29, 1.82) is 0 Å². The molecule has 192 valence electrons. The van der Waals surface area contributed by atoms with Gasteiger partial charge in [0.15, 0.2) is 11.7 Å². The molecule has 36 heavy (non-hydrogen) atoms. The fourth-order valence-electron chi connectivity index (χ4n) is 4.43. The van der Waals surface area contributed by atoms with Crippen LogP contribution in [0.25, 0.3) is 0 Å². The Hall–Kier alpha value is -3.55. The Kier molecular flexibility index (Phi) is 10.2. The molecule has 1 aliphatic carbocycles. The van der Waals surface area contributed by atoms with Crippen LogP contribution in [0.2, 0.25) is 0 Å². The maximum atomic E-state index is 14.3. The molecule has 1 fully saturated rings. The van der Waals surface area contributed by atoms with Gasteiger partial charge < -0.3 is 10.6 Å². The molecular weight excluding hydrogens is 462 g/mol. The Balaban J connectivity index is 1.97. The predicted molar refractivity (Wildman–Crippen MR) is 139 cm³/mol. The van der Waals surface area contributed by atoms with Crippen molar-refractivity contribution in [3.63, 3.8) is 0 Å². The Labute approximate surface area is 211 Å². The van der Waals surface area contributed by atoms with Crippen LogP contribution in [0.15, 0.2) is 71.5 Å². The number of anilines is 1. The third-order valence-corrected chi connectivity index (χ3v) is 6.17. The summed E-state index contributed by atoms with van der Waals surface area (Å²) in [4.78, 5) is 32.5. The molecule has 0 heterocycles. The van der Waals surface area contributed by atoms with Crippen molar-refractivity contribution in [2.75, 3.05) is 18.5 Å². The van der Waals surface area contributed by atoms with E-state index in [0.29, 0.717) is 12.0 Å². The average Bonchev–Trinajstić information content (AvgIpc) is 2.88. The Morgan fingerprint density at radius 1 is 1.11 bits per heavy atom. The number of carbonyl (C=O) groups excluding carboxylic acids is 2. The number of allylic oxidation sites excluding steroid dienone is 1. The summed E-state index contributed by atoms with van der Waals surface area (Å²) in [5.41, 5.74) is 0.818. The fourth-order valence-corrected chi connectivity index (χ4v) is 4.43. The Bertz CT molecular complexity index is 1080. The SMILES string of the molecule is CC/C=C(/F)C(=NC)NCC(=O)N(c1cccc(F)c1)C(C(=O)NC1CCCCC1)c1ccccc1. The van der Waals surface area contributed by atoms with Gasteiger partial charge in [0.2, 0.25) is 11.8 Å². The summed E-state index contributed by atoms with van der Waals surface area (Å²) in [5.74, 6) is -2.04. The molecule has 1 unspecified atom stereocenters. The van der Waals surface area contributed by atoms with Crippen molar-refractivity contribution in [1.82, 2.24) is 10.6 Å². The molecule has 8 heteroatoms. The Morgan fingerprint density at radius 2 is 1.83 bits per heavy atom. The number of nitrogens with one attached hydrogen (secondary N) is 2. The lowest BCUT2D eigenvalue weighted by molar-refractivity contribution is -0.127. The van der Waals surface area contributed by atoms with Gasteiger partial charge in [0, 0.05) is 18.8 Å². The zero-order valence-electron chi connectivity index (χ0n) is 20.8. The van der Waals surface area contributed by atoms with Crippen LogP contribution in [0.1, 0.15) is 57.1 Å². The molecule has 0 aliphatic heterocycles. The van der Waals surface area contributed by atoms with E-state index < -0.39 is 23.6 Å². The van der Waals surface area contributed by atoms with E-state index in [0.717, 1.165) is 32.1 Å². The van der Waals surface area contributed by atoms with E-state index >= 15 is 0 Å². The predicted octanol–water partition coefficient (Wildman–Crippen LogP) is 5.23. The number of carbonyl (C=O) groups is 2. The van der Waals surface area contributed by atoms with E-state index in [-0.39, 0.29) is 30.0 Å². The van der Waals surface area contributed by atoms with Gasteiger partial charge in [-0.2, -0.15) is 0 Å². The largest absolute Gasteiger partial charge is 0.359 e. The van der Waals surface area contributed by atoms with Crippen LogP contribution < -0.4 is 15.5 Å². The molecule has 2 amide bonds. The van der Waals surface area contributed by atoms with Crippen molar-refractivity contribution in [2.45, 2.75) is 57.5 Å². The zero-order chi connectivity index (χ0) is 25.9. The molecule has 6 nitrogen and oxygen atoms in total. The molecule has 2 N–H and O–H groups in total. The monoisotopic (exact) mass is 496 g/mol. The molecule has 1 aliphatic rings. The van der Waals surface area contributed by atoms with Crippen LogP contribution in [0.3, 0.4) is 0 Å². The minimum absolute atomic E-state index is 0.0205. The van der Waals surface area contributed by atoms with Crippen LogP contribution in [-0.2, 0) is 9.59 Å². The van der Waals surface area contributed by atoms with Gasteiger partial charge in [0.1, 0.15) is 11.9 Å². The first kappa shape index (κ1) is 27.0. The van der Waals surface area contributed by atoms with E-state index in [9.17, 15) is 18.4 Å². The highest BCUT2D eigenvalue weighted by Crippen LogP contribution is 2.29. The van der Waals surface area contributed by atoms with Crippen molar-refractivity contribution >= 4 is 23.3 Å². The van der Waals surface area contributed by atoms with Gasteiger partial charge in [-0.3, -0.25) is 19.5 Å². The summed E-state index contributed by atoms with van der Waals surface area (Å²) >= 11 is 0. The molecule has 0 radical (unpaired) electrons. The molecule has 0 bridgehead atoms. The molecule has 0 aromatic heterocycles. The maximum absolute atomic E-state index is 14.3. The molecule has 3 rings (SSSR count). The van der Waals surface area contributed by atoms with E-state index in [2.05, 4.69) is 15.6 Å². The lowest BCUT2D eigenvalue weighted by atomic mass is 9.94. The van der Waals surface area contributed by atoms with Gasteiger partial charge in [-0.05, 0) is 49.1 Å². The van der Waals surface area contributed by atoms with Crippen LogP contribution in [0.4, 0.5) is 14.5 Å². The van der Waals surface area contributed by atoms with Gasteiger partial charge in [-0.25, -0.2) is 8.78 Å². The van der Waals surface area contributed by atoms with Gasteiger partial charge in [-0.1, -0.05) is 62.6 Å². The molecule has 1 saturated carbocycles. The second kappa shape index (κ2) is 13.5. The van der Waals surface area contributed by atoms with Gasteiger partial charge in [0.05, 0.1) is 6.54 Å². The molecular formula is C28H34F2N4O2. The van der Waals surface area contributed by atoms with E-state index in [1.165, 1.54) is 36.2 Å². The number of halogens is 2. The first-order valence-corrected chi connectivity index (χ1v) is 12.4. The van der Waals surface area contributed by atoms with Gasteiger partial charge in [-0.15, -0.1) is 0 Å². The third kappa shape index (κ3) is 7.23.